The van der Waals surface area contributed by atoms with Gasteiger partial charge in [0.15, 0.2) is 5.78 Å². The molecule has 16 heavy (non-hydrogen) atoms. The SMILES string of the molecule is C1CC1.CCOC(=O)C(OC(C)=O)C(C)=O. The van der Waals surface area contributed by atoms with Crippen molar-refractivity contribution < 1.29 is 23.9 Å². The fourth-order valence-corrected chi connectivity index (χ4v) is 0.681. The highest BCUT2D eigenvalue weighted by Crippen LogP contribution is 2.14. The monoisotopic (exact) mass is 230 g/mol. The summed E-state index contributed by atoms with van der Waals surface area (Å²) in [4.78, 5) is 32.3. The summed E-state index contributed by atoms with van der Waals surface area (Å²) < 4.78 is 8.99. The Morgan fingerprint density at radius 3 is 1.88 bits per heavy atom. The zero-order valence-electron chi connectivity index (χ0n) is 9.95. The predicted molar refractivity (Wildman–Crippen MR) is 56.7 cm³/mol. The number of carbonyl (C=O) groups excluding carboxylic acids is 3. The van der Waals surface area contributed by atoms with Gasteiger partial charge in [0.25, 0.3) is 6.10 Å². The maximum absolute atomic E-state index is 11.0. The van der Waals surface area contributed by atoms with Gasteiger partial charge >= 0.3 is 11.9 Å². The number of hydrogen-bond donors (Lipinski definition) is 0. The number of ether oxygens (including phenoxy) is 2. The largest absolute Gasteiger partial charge is 0.463 e. The van der Waals surface area contributed by atoms with E-state index in [1.165, 1.54) is 19.3 Å². The van der Waals surface area contributed by atoms with Crippen molar-refractivity contribution in [2.75, 3.05) is 6.61 Å². The normalized spacial score (nSPS) is 13.9. The second kappa shape index (κ2) is 7.84. The summed E-state index contributed by atoms with van der Waals surface area (Å²) in [5.41, 5.74) is 0. The molecule has 1 fully saturated rings. The van der Waals surface area contributed by atoms with E-state index in [0.717, 1.165) is 13.8 Å². The molecule has 92 valence electrons. The van der Waals surface area contributed by atoms with Crippen LogP contribution < -0.4 is 0 Å². The first-order chi connectivity index (χ1) is 7.49. The van der Waals surface area contributed by atoms with Crippen LogP contribution in [0.1, 0.15) is 40.0 Å². The molecule has 1 unspecified atom stereocenters. The van der Waals surface area contributed by atoms with Gasteiger partial charge in [-0.2, -0.15) is 0 Å². The molecule has 0 heterocycles. The van der Waals surface area contributed by atoms with E-state index in [0.29, 0.717) is 0 Å². The lowest BCUT2D eigenvalue weighted by molar-refractivity contribution is -0.169. The molecule has 0 aromatic heterocycles. The Bertz CT molecular complexity index is 254. The molecule has 1 rings (SSSR count). The lowest BCUT2D eigenvalue weighted by Gasteiger charge is -2.11. The van der Waals surface area contributed by atoms with Crippen molar-refractivity contribution in [3.8, 4) is 0 Å². The predicted octanol–water partition coefficient (Wildman–Crippen LogP) is 1.24. The van der Waals surface area contributed by atoms with Gasteiger partial charge in [-0.15, -0.1) is 0 Å². The maximum Gasteiger partial charge on any atom is 0.355 e. The van der Waals surface area contributed by atoms with Crippen LogP contribution in [-0.2, 0) is 23.9 Å². The molecule has 1 atom stereocenters. The van der Waals surface area contributed by atoms with E-state index in [1.807, 2.05) is 0 Å². The Morgan fingerprint density at radius 1 is 1.12 bits per heavy atom. The van der Waals surface area contributed by atoms with E-state index in [-0.39, 0.29) is 6.61 Å². The zero-order valence-corrected chi connectivity index (χ0v) is 9.95. The summed E-state index contributed by atoms with van der Waals surface area (Å²) >= 11 is 0. The Hall–Kier alpha value is -1.39. The van der Waals surface area contributed by atoms with Gasteiger partial charge in [-0.05, 0) is 13.8 Å². The van der Waals surface area contributed by atoms with Crippen LogP contribution in [0.3, 0.4) is 0 Å². The average Bonchev–Trinajstić information content (AvgIpc) is 3.00. The highest BCUT2D eigenvalue weighted by atomic mass is 16.6. The minimum absolute atomic E-state index is 0.143. The second-order valence-corrected chi connectivity index (χ2v) is 3.41. The quantitative estimate of drug-likeness (QED) is 0.537. The molecule has 1 aliphatic rings. The molecule has 5 nitrogen and oxygen atoms in total. The molecule has 1 aliphatic carbocycles. The molecule has 0 aliphatic heterocycles. The van der Waals surface area contributed by atoms with E-state index in [1.54, 1.807) is 6.92 Å². The number of esters is 2. The number of rotatable bonds is 4. The minimum atomic E-state index is -1.42. The van der Waals surface area contributed by atoms with Crippen LogP contribution in [0.2, 0.25) is 0 Å². The summed E-state index contributed by atoms with van der Waals surface area (Å²) in [6.45, 7) is 4.02. The summed E-state index contributed by atoms with van der Waals surface area (Å²) in [6.07, 6.45) is 3.08. The molecule has 0 N–H and O–H groups in total. The first-order valence-corrected chi connectivity index (χ1v) is 5.33. The number of carbonyl (C=O) groups is 3. The minimum Gasteiger partial charge on any atom is -0.463 e. The summed E-state index contributed by atoms with van der Waals surface area (Å²) in [5.74, 6) is -2.06. The van der Waals surface area contributed by atoms with Crippen molar-refractivity contribution in [2.24, 2.45) is 0 Å². The third kappa shape index (κ3) is 7.96. The smallest absolute Gasteiger partial charge is 0.355 e. The first-order valence-electron chi connectivity index (χ1n) is 5.33. The highest BCUT2D eigenvalue weighted by molar-refractivity contribution is 6.02. The number of Topliss-reactive ketones (excluding diaryl/α,β-unsaturated/α-hetero) is 1. The molecular weight excluding hydrogens is 212 g/mol. The Balaban J connectivity index is 0.000000635. The Morgan fingerprint density at radius 2 is 1.62 bits per heavy atom. The molecule has 0 saturated heterocycles. The fourth-order valence-electron chi connectivity index (χ4n) is 0.681. The maximum atomic E-state index is 11.0. The highest BCUT2D eigenvalue weighted by Gasteiger charge is 2.27. The summed E-state index contributed by atoms with van der Waals surface area (Å²) in [6, 6.07) is 0. The summed E-state index contributed by atoms with van der Waals surface area (Å²) in [7, 11) is 0. The number of hydrogen-bond acceptors (Lipinski definition) is 5. The van der Waals surface area contributed by atoms with E-state index < -0.39 is 23.8 Å². The van der Waals surface area contributed by atoms with E-state index in [4.69, 9.17) is 0 Å². The summed E-state index contributed by atoms with van der Waals surface area (Å²) in [5, 5.41) is 0. The van der Waals surface area contributed by atoms with Gasteiger partial charge in [-0.25, -0.2) is 4.79 Å². The van der Waals surface area contributed by atoms with Crippen molar-refractivity contribution in [3.05, 3.63) is 0 Å². The molecule has 1 saturated carbocycles. The lowest BCUT2D eigenvalue weighted by Crippen LogP contribution is -2.34. The van der Waals surface area contributed by atoms with Gasteiger partial charge in [0.05, 0.1) is 6.61 Å². The third-order valence-corrected chi connectivity index (χ3v) is 1.51. The first kappa shape index (κ1) is 14.6. The van der Waals surface area contributed by atoms with Gasteiger partial charge in [0, 0.05) is 6.92 Å². The van der Waals surface area contributed by atoms with Gasteiger partial charge in [-0.1, -0.05) is 19.3 Å². The van der Waals surface area contributed by atoms with Crippen LogP contribution in [0.25, 0.3) is 0 Å². The van der Waals surface area contributed by atoms with Crippen molar-refractivity contribution in [3.63, 3.8) is 0 Å². The van der Waals surface area contributed by atoms with Crippen molar-refractivity contribution in [1.82, 2.24) is 0 Å². The average molecular weight is 230 g/mol. The van der Waals surface area contributed by atoms with Crippen molar-refractivity contribution >= 4 is 17.7 Å². The van der Waals surface area contributed by atoms with Crippen LogP contribution in [0.15, 0.2) is 0 Å². The van der Waals surface area contributed by atoms with Gasteiger partial charge in [0.2, 0.25) is 0 Å². The van der Waals surface area contributed by atoms with Crippen LogP contribution in [0.4, 0.5) is 0 Å². The molecule has 0 aromatic carbocycles. The third-order valence-electron chi connectivity index (χ3n) is 1.51. The van der Waals surface area contributed by atoms with E-state index in [9.17, 15) is 14.4 Å². The molecule has 0 aromatic rings. The molecule has 0 spiro atoms. The Kier molecular flexibility index (Phi) is 7.16. The zero-order chi connectivity index (χ0) is 12.6. The topological polar surface area (TPSA) is 69.7 Å². The van der Waals surface area contributed by atoms with Crippen LogP contribution in [-0.4, -0.2) is 30.4 Å². The second-order valence-electron chi connectivity index (χ2n) is 3.41. The molecular formula is C11H18O5. The van der Waals surface area contributed by atoms with Gasteiger partial charge in [-0.3, -0.25) is 9.59 Å². The van der Waals surface area contributed by atoms with Crippen LogP contribution >= 0.6 is 0 Å². The lowest BCUT2D eigenvalue weighted by atomic mass is 10.2. The van der Waals surface area contributed by atoms with Crippen LogP contribution in [0, 0.1) is 0 Å². The van der Waals surface area contributed by atoms with Crippen molar-refractivity contribution in [1.29, 1.82) is 0 Å². The molecule has 5 heteroatoms. The van der Waals surface area contributed by atoms with Crippen LogP contribution in [0.5, 0.6) is 0 Å². The van der Waals surface area contributed by atoms with E-state index in [2.05, 4.69) is 9.47 Å². The molecule has 0 amide bonds. The van der Waals surface area contributed by atoms with Gasteiger partial charge in [0.1, 0.15) is 0 Å². The number of ketones is 1. The van der Waals surface area contributed by atoms with Crippen molar-refractivity contribution in [2.45, 2.75) is 46.1 Å². The molecule has 0 radical (unpaired) electrons. The fraction of sp³-hybridized carbons (Fsp3) is 0.727. The van der Waals surface area contributed by atoms with Gasteiger partial charge < -0.3 is 9.47 Å². The molecule has 0 bridgehead atoms. The Labute approximate surface area is 95.1 Å². The van der Waals surface area contributed by atoms with E-state index >= 15 is 0 Å². The standard InChI is InChI=1S/C8H12O5.C3H6/c1-4-12-8(11)7(5(2)9)13-6(3)10;1-2-3-1/h7H,4H2,1-3H3;1-3H2.